The van der Waals surface area contributed by atoms with Gasteiger partial charge < -0.3 is 10.1 Å². The molecule has 2 heterocycles. The second-order valence-electron chi connectivity index (χ2n) is 5.30. The van der Waals surface area contributed by atoms with Crippen molar-refractivity contribution in [2.24, 2.45) is 11.8 Å². The lowest BCUT2D eigenvalue weighted by atomic mass is 10.0. The molecule has 1 N–H and O–H groups in total. The third-order valence-corrected chi connectivity index (χ3v) is 6.60. The third-order valence-electron chi connectivity index (χ3n) is 4.12. The van der Waals surface area contributed by atoms with Crippen molar-refractivity contribution >= 4 is 38.4 Å². The number of nitrogens with zero attached hydrogens (tertiary/aromatic N) is 1. The summed E-state index contributed by atoms with van der Waals surface area (Å²) in [6.45, 7) is 3.05. The standard InChI is InChI=1S/C13H17BrN2O3S.ClH/c1-19-13-4-11(2-3-12(13)14)20(17,18)16-7-9-5-15-6-10(9)8-16;/h2-4,9-10,15H,5-8H2,1H3;1H/t9-,10+;. The molecule has 2 saturated heterocycles. The van der Waals surface area contributed by atoms with Crippen molar-refractivity contribution in [3.63, 3.8) is 0 Å². The summed E-state index contributed by atoms with van der Waals surface area (Å²) in [6.07, 6.45) is 0. The molecule has 0 amide bonds. The number of halogens is 2. The Labute approximate surface area is 139 Å². The van der Waals surface area contributed by atoms with Crippen LogP contribution in [0.2, 0.25) is 0 Å². The highest BCUT2D eigenvalue weighted by molar-refractivity contribution is 9.10. The van der Waals surface area contributed by atoms with Gasteiger partial charge in [0.15, 0.2) is 0 Å². The first-order valence-corrected chi connectivity index (χ1v) is 8.80. The molecule has 0 aromatic heterocycles. The van der Waals surface area contributed by atoms with Gasteiger partial charge in [0, 0.05) is 19.2 Å². The Kier molecular flexibility index (Phi) is 5.20. The minimum Gasteiger partial charge on any atom is -0.496 e. The van der Waals surface area contributed by atoms with Crippen LogP contribution in [0.5, 0.6) is 5.75 Å². The summed E-state index contributed by atoms with van der Waals surface area (Å²) in [5.74, 6) is 1.43. The Morgan fingerprint density at radius 1 is 1.29 bits per heavy atom. The van der Waals surface area contributed by atoms with E-state index in [-0.39, 0.29) is 12.4 Å². The first kappa shape index (κ1) is 17.0. The number of ether oxygens (including phenoxy) is 1. The maximum Gasteiger partial charge on any atom is 0.243 e. The fraction of sp³-hybridized carbons (Fsp3) is 0.538. The molecule has 2 aliphatic heterocycles. The lowest BCUT2D eigenvalue weighted by molar-refractivity contribution is 0.409. The lowest BCUT2D eigenvalue weighted by Crippen LogP contribution is -2.31. The van der Waals surface area contributed by atoms with Crippen LogP contribution in [0, 0.1) is 11.8 Å². The monoisotopic (exact) mass is 396 g/mol. The van der Waals surface area contributed by atoms with Crippen LogP contribution in [0.4, 0.5) is 0 Å². The maximum absolute atomic E-state index is 12.7. The van der Waals surface area contributed by atoms with Crippen LogP contribution in [-0.2, 0) is 10.0 Å². The van der Waals surface area contributed by atoms with E-state index in [9.17, 15) is 8.42 Å². The zero-order valence-electron chi connectivity index (χ0n) is 11.6. The highest BCUT2D eigenvalue weighted by Crippen LogP contribution is 2.33. The quantitative estimate of drug-likeness (QED) is 0.844. The molecule has 1 aromatic rings. The number of rotatable bonds is 3. The van der Waals surface area contributed by atoms with Crippen molar-refractivity contribution in [3.05, 3.63) is 22.7 Å². The number of fused-ring (bicyclic) bond motifs is 1. The Morgan fingerprint density at radius 2 is 1.90 bits per heavy atom. The van der Waals surface area contributed by atoms with Crippen LogP contribution >= 0.6 is 28.3 Å². The summed E-state index contributed by atoms with van der Waals surface area (Å²) in [6, 6.07) is 4.91. The van der Waals surface area contributed by atoms with Crippen LogP contribution in [0.1, 0.15) is 0 Å². The first-order valence-electron chi connectivity index (χ1n) is 6.57. The third kappa shape index (κ3) is 3.07. The minimum atomic E-state index is -3.43. The predicted molar refractivity (Wildman–Crippen MR) is 86.6 cm³/mol. The topological polar surface area (TPSA) is 58.6 Å². The molecule has 3 rings (SSSR count). The first-order chi connectivity index (χ1) is 9.52. The van der Waals surface area contributed by atoms with Gasteiger partial charge in [0.1, 0.15) is 5.75 Å². The van der Waals surface area contributed by atoms with Gasteiger partial charge in [-0.25, -0.2) is 8.42 Å². The lowest BCUT2D eigenvalue weighted by Gasteiger charge is -2.18. The van der Waals surface area contributed by atoms with Gasteiger partial charge >= 0.3 is 0 Å². The van der Waals surface area contributed by atoms with Crippen molar-refractivity contribution in [1.82, 2.24) is 9.62 Å². The fourth-order valence-corrected chi connectivity index (χ4v) is 4.94. The van der Waals surface area contributed by atoms with Crippen LogP contribution in [0.15, 0.2) is 27.6 Å². The van der Waals surface area contributed by atoms with E-state index >= 15 is 0 Å². The van der Waals surface area contributed by atoms with E-state index in [0.717, 1.165) is 17.6 Å². The number of sulfonamides is 1. The number of benzene rings is 1. The van der Waals surface area contributed by atoms with Crippen molar-refractivity contribution in [3.8, 4) is 5.75 Å². The van der Waals surface area contributed by atoms with Gasteiger partial charge in [0.05, 0.1) is 16.5 Å². The molecule has 0 unspecified atom stereocenters. The maximum atomic E-state index is 12.7. The van der Waals surface area contributed by atoms with Crippen molar-refractivity contribution in [2.45, 2.75) is 4.90 Å². The van der Waals surface area contributed by atoms with Gasteiger partial charge in [-0.15, -0.1) is 12.4 Å². The highest BCUT2D eigenvalue weighted by Gasteiger charge is 2.41. The smallest absolute Gasteiger partial charge is 0.243 e. The van der Waals surface area contributed by atoms with Crippen molar-refractivity contribution < 1.29 is 13.2 Å². The minimum absolute atomic E-state index is 0. The molecule has 2 fully saturated rings. The summed E-state index contributed by atoms with van der Waals surface area (Å²) in [7, 11) is -1.90. The van der Waals surface area contributed by atoms with Gasteiger partial charge in [0.2, 0.25) is 10.0 Å². The molecule has 2 aliphatic rings. The normalized spacial score (nSPS) is 25.4. The Morgan fingerprint density at radius 3 is 2.48 bits per heavy atom. The van der Waals surface area contributed by atoms with Crippen LogP contribution in [0.3, 0.4) is 0 Å². The number of hydrogen-bond donors (Lipinski definition) is 1. The van der Waals surface area contributed by atoms with Gasteiger partial charge in [-0.2, -0.15) is 4.31 Å². The SMILES string of the molecule is COc1cc(S(=O)(=O)N2C[C@H]3CNC[C@H]3C2)ccc1Br.Cl. The average Bonchev–Trinajstić information content (AvgIpc) is 2.99. The molecule has 118 valence electrons. The van der Waals surface area contributed by atoms with Crippen molar-refractivity contribution in [2.75, 3.05) is 33.3 Å². The number of nitrogens with one attached hydrogen (secondary N) is 1. The van der Waals surface area contributed by atoms with Gasteiger partial charge in [-0.1, -0.05) is 0 Å². The van der Waals surface area contributed by atoms with E-state index in [1.165, 1.54) is 7.11 Å². The molecule has 0 saturated carbocycles. The second kappa shape index (κ2) is 6.42. The summed E-state index contributed by atoms with van der Waals surface area (Å²) in [5, 5.41) is 3.31. The molecular weight excluding hydrogens is 380 g/mol. The fourth-order valence-electron chi connectivity index (χ4n) is 2.96. The molecule has 5 nitrogen and oxygen atoms in total. The van der Waals surface area contributed by atoms with Crippen LogP contribution < -0.4 is 10.1 Å². The van der Waals surface area contributed by atoms with Gasteiger partial charge in [-0.05, 0) is 53.0 Å². The molecule has 21 heavy (non-hydrogen) atoms. The van der Waals surface area contributed by atoms with Crippen molar-refractivity contribution in [1.29, 1.82) is 0 Å². The largest absolute Gasteiger partial charge is 0.496 e. The van der Waals surface area contributed by atoms with Crippen LogP contribution in [0.25, 0.3) is 0 Å². The molecular formula is C13H18BrClN2O3S. The van der Waals surface area contributed by atoms with E-state index in [1.807, 2.05) is 0 Å². The summed E-state index contributed by atoms with van der Waals surface area (Å²) in [5.41, 5.74) is 0. The Hall–Kier alpha value is -0.340. The molecule has 0 aliphatic carbocycles. The molecule has 0 radical (unpaired) electrons. The summed E-state index contributed by atoms with van der Waals surface area (Å²) >= 11 is 3.34. The van der Waals surface area contributed by atoms with E-state index < -0.39 is 10.0 Å². The van der Waals surface area contributed by atoms with Gasteiger partial charge in [0.25, 0.3) is 0 Å². The Balaban J connectivity index is 0.00000161. The number of methoxy groups -OCH3 is 1. The summed E-state index contributed by atoms with van der Waals surface area (Å²) < 4.78 is 32.9. The van der Waals surface area contributed by atoms with E-state index in [1.54, 1.807) is 22.5 Å². The number of hydrogen-bond acceptors (Lipinski definition) is 4. The predicted octanol–water partition coefficient (Wildman–Crippen LogP) is 1.72. The summed E-state index contributed by atoms with van der Waals surface area (Å²) in [4.78, 5) is 0.297. The van der Waals surface area contributed by atoms with Crippen LogP contribution in [-0.4, -0.2) is 46.0 Å². The molecule has 8 heteroatoms. The average molecular weight is 398 g/mol. The zero-order valence-corrected chi connectivity index (χ0v) is 14.8. The molecule has 1 aromatic carbocycles. The Bertz CT molecular complexity index is 614. The highest BCUT2D eigenvalue weighted by atomic mass is 79.9. The van der Waals surface area contributed by atoms with E-state index in [4.69, 9.17) is 4.74 Å². The van der Waals surface area contributed by atoms with E-state index in [0.29, 0.717) is 35.6 Å². The van der Waals surface area contributed by atoms with Gasteiger partial charge in [-0.3, -0.25) is 0 Å². The second-order valence-corrected chi connectivity index (χ2v) is 8.09. The molecule has 0 spiro atoms. The van der Waals surface area contributed by atoms with E-state index in [2.05, 4.69) is 21.2 Å². The molecule has 0 bridgehead atoms. The molecule has 2 atom stereocenters. The zero-order chi connectivity index (χ0) is 14.3.